The van der Waals surface area contributed by atoms with Crippen LogP contribution in [0.4, 0.5) is 0 Å². The monoisotopic (exact) mass is 255 g/mol. The minimum atomic E-state index is 0.264. The summed E-state index contributed by atoms with van der Waals surface area (Å²) in [6.07, 6.45) is 3.33. The Hall–Kier alpha value is -1.57. The maximum absolute atomic E-state index is 12.6. The molecule has 1 heterocycles. The predicted molar refractivity (Wildman–Crippen MR) is 78.8 cm³/mol. The first-order valence-electron chi connectivity index (χ1n) is 7.24. The molecule has 2 heteroatoms. The normalized spacial score (nSPS) is 16.0. The summed E-state index contributed by atoms with van der Waals surface area (Å²) in [6.45, 7) is 6.39. The van der Waals surface area contributed by atoms with Gasteiger partial charge in [-0.3, -0.25) is 4.79 Å². The first-order chi connectivity index (χ1) is 9.08. The number of Topliss-reactive ketones (excluding diaryl/α,β-unsaturated/α-hetero) is 1. The Morgan fingerprint density at radius 2 is 2.05 bits per heavy atom. The molecule has 0 saturated heterocycles. The van der Waals surface area contributed by atoms with E-state index >= 15 is 0 Å². The van der Waals surface area contributed by atoms with Gasteiger partial charge in [0.1, 0.15) is 0 Å². The molecule has 100 valence electrons. The second kappa shape index (κ2) is 4.52. The zero-order valence-corrected chi connectivity index (χ0v) is 11.9. The van der Waals surface area contributed by atoms with Crippen molar-refractivity contribution in [3.63, 3.8) is 0 Å². The predicted octanol–water partition coefficient (Wildman–Crippen LogP) is 4.58. The van der Waals surface area contributed by atoms with E-state index in [2.05, 4.69) is 37.0 Å². The van der Waals surface area contributed by atoms with Crippen LogP contribution in [0.25, 0.3) is 10.9 Å². The third-order valence-electron chi connectivity index (χ3n) is 4.40. The van der Waals surface area contributed by atoms with Crippen molar-refractivity contribution in [1.82, 2.24) is 4.98 Å². The van der Waals surface area contributed by atoms with Crippen LogP contribution in [0.2, 0.25) is 0 Å². The molecule has 0 bridgehead atoms. The second-order valence-corrected chi connectivity index (χ2v) is 6.08. The van der Waals surface area contributed by atoms with Gasteiger partial charge in [-0.1, -0.05) is 26.3 Å². The number of rotatable bonds is 3. The third-order valence-corrected chi connectivity index (χ3v) is 4.40. The lowest BCUT2D eigenvalue weighted by Crippen LogP contribution is -2.22. The summed E-state index contributed by atoms with van der Waals surface area (Å²) in [5.41, 5.74) is 4.34. The number of ketones is 1. The van der Waals surface area contributed by atoms with Crippen LogP contribution >= 0.6 is 0 Å². The maximum Gasteiger partial charge on any atom is 0.168 e. The highest BCUT2D eigenvalue weighted by Crippen LogP contribution is 2.34. The first kappa shape index (κ1) is 12.5. The van der Waals surface area contributed by atoms with Crippen molar-refractivity contribution < 1.29 is 4.79 Å². The molecular weight excluding hydrogens is 234 g/mol. The highest BCUT2D eigenvalue weighted by atomic mass is 16.1. The van der Waals surface area contributed by atoms with E-state index in [0.717, 1.165) is 35.0 Å². The van der Waals surface area contributed by atoms with Gasteiger partial charge in [-0.2, -0.15) is 0 Å². The molecule has 1 saturated carbocycles. The summed E-state index contributed by atoms with van der Waals surface area (Å²) < 4.78 is 0. The molecule has 1 fully saturated rings. The van der Waals surface area contributed by atoms with E-state index in [1.165, 1.54) is 12.0 Å². The van der Waals surface area contributed by atoms with Gasteiger partial charge in [-0.25, -0.2) is 0 Å². The molecule has 3 rings (SSSR count). The van der Waals surface area contributed by atoms with Crippen LogP contribution in [0, 0.1) is 12.8 Å². The largest absolute Gasteiger partial charge is 0.358 e. The van der Waals surface area contributed by atoms with Crippen molar-refractivity contribution in [2.75, 3.05) is 0 Å². The van der Waals surface area contributed by atoms with Gasteiger partial charge in [-0.05, 0) is 43.4 Å². The highest BCUT2D eigenvalue weighted by Gasteiger charge is 2.29. The van der Waals surface area contributed by atoms with Gasteiger partial charge in [0.15, 0.2) is 5.78 Å². The molecular formula is C17H21NO. The second-order valence-electron chi connectivity index (χ2n) is 6.08. The fourth-order valence-corrected chi connectivity index (χ4v) is 2.90. The minimum absolute atomic E-state index is 0.264. The van der Waals surface area contributed by atoms with Crippen molar-refractivity contribution in [2.24, 2.45) is 5.92 Å². The zero-order valence-electron chi connectivity index (χ0n) is 11.9. The Labute approximate surface area is 114 Å². The molecule has 0 spiro atoms. The number of aromatic amines is 1. The van der Waals surface area contributed by atoms with Gasteiger partial charge in [0, 0.05) is 28.1 Å². The first-order valence-corrected chi connectivity index (χ1v) is 7.24. The average molecular weight is 255 g/mol. The van der Waals surface area contributed by atoms with E-state index in [9.17, 15) is 4.79 Å². The Morgan fingerprint density at radius 1 is 1.32 bits per heavy atom. The summed E-state index contributed by atoms with van der Waals surface area (Å²) in [4.78, 5) is 15.9. The molecule has 0 radical (unpaired) electrons. The van der Waals surface area contributed by atoms with Crippen molar-refractivity contribution in [3.8, 4) is 0 Å². The molecule has 1 aliphatic rings. The number of aryl methyl sites for hydroxylation is 1. The number of H-pyrrole nitrogens is 1. The smallest absolute Gasteiger partial charge is 0.168 e. The van der Waals surface area contributed by atoms with Crippen molar-refractivity contribution in [1.29, 1.82) is 0 Å². The summed E-state index contributed by atoms with van der Waals surface area (Å²) in [5, 5.41) is 1.11. The van der Waals surface area contributed by atoms with Crippen molar-refractivity contribution >= 4 is 16.7 Å². The molecule has 1 aromatic carbocycles. The molecule has 1 aliphatic carbocycles. The topological polar surface area (TPSA) is 32.9 Å². The lowest BCUT2D eigenvalue weighted by atomic mass is 9.79. The highest BCUT2D eigenvalue weighted by molar-refractivity contribution is 6.10. The fraction of sp³-hybridized carbons (Fsp3) is 0.471. The number of aromatic nitrogens is 1. The zero-order chi connectivity index (χ0) is 13.6. The van der Waals surface area contributed by atoms with E-state index in [4.69, 9.17) is 0 Å². The van der Waals surface area contributed by atoms with E-state index in [-0.39, 0.29) is 5.92 Å². The third kappa shape index (κ3) is 1.99. The Balaban J connectivity index is 2.13. The van der Waals surface area contributed by atoms with E-state index < -0.39 is 0 Å². The summed E-state index contributed by atoms with van der Waals surface area (Å²) in [6, 6.07) is 6.45. The van der Waals surface area contributed by atoms with E-state index in [1.54, 1.807) is 0 Å². The summed E-state index contributed by atoms with van der Waals surface area (Å²) >= 11 is 0. The van der Waals surface area contributed by atoms with Gasteiger partial charge < -0.3 is 4.98 Å². The van der Waals surface area contributed by atoms with Gasteiger partial charge in [0.2, 0.25) is 0 Å². The number of nitrogens with one attached hydrogen (secondary N) is 1. The summed E-state index contributed by atoms with van der Waals surface area (Å²) in [7, 11) is 0. The van der Waals surface area contributed by atoms with Crippen LogP contribution in [0.3, 0.4) is 0 Å². The van der Waals surface area contributed by atoms with Crippen LogP contribution in [-0.2, 0) is 0 Å². The van der Waals surface area contributed by atoms with Gasteiger partial charge in [-0.15, -0.1) is 0 Å². The maximum atomic E-state index is 12.6. The van der Waals surface area contributed by atoms with E-state index in [0.29, 0.717) is 11.7 Å². The van der Waals surface area contributed by atoms with E-state index in [1.807, 2.05) is 6.92 Å². The average Bonchev–Trinajstić information content (AvgIpc) is 2.61. The quantitative estimate of drug-likeness (QED) is 0.800. The molecule has 2 nitrogen and oxygen atoms in total. The molecule has 0 unspecified atom stereocenters. The molecule has 19 heavy (non-hydrogen) atoms. The Bertz CT molecular complexity index is 632. The number of fused-ring (bicyclic) bond motifs is 1. The molecule has 0 aliphatic heterocycles. The standard InChI is InChI=1S/C17H21NO/c1-10(2)13-7-8-15-14(9-13)16(11(3)18-15)17(19)12-5-4-6-12/h7-10,12,18H,4-6H2,1-3H3. The SMILES string of the molecule is Cc1[nH]c2ccc(C(C)C)cc2c1C(=O)C1CCC1. The lowest BCUT2D eigenvalue weighted by molar-refractivity contribution is 0.0856. The van der Waals surface area contributed by atoms with Crippen LogP contribution in [0.1, 0.15) is 60.6 Å². The lowest BCUT2D eigenvalue weighted by Gasteiger charge is -2.23. The molecule has 0 amide bonds. The molecule has 2 aromatic rings. The van der Waals surface area contributed by atoms with Gasteiger partial charge in [0.25, 0.3) is 0 Å². The van der Waals surface area contributed by atoms with Gasteiger partial charge in [0.05, 0.1) is 0 Å². The molecule has 1 N–H and O–H groups in total. The van der Waals surface area contributed by atoms with Crippen LogP contribution in [-0.4, -0.2) is 10.8 Å². The Morgan fingerprint density at radius 3 is 2.63 bits per heavy atom. The number of benzene rings is 1. The number of carbonyl (C=O) groups excluding carboxylic acids is 1. The number of hydrogen-bond donors (Lipinski definition) is 1. The molecule has 1 aromatic heterocycles. The summed E-state index contributed by atoms with van der Waals surface area (Å²) in [5.74, 6) is 1.10. The minimum Gasteiger partial charge on any atom is -0.358 e. The molecule has 0 atom stereocenters. The van der Waals surface area contributed by atoms with Crippen LogP contribution in [0.15, 0.2) is 18.2 Å². The Kier molecular flexibility index (Phi) is 2.96. The number of carbonyl (C=O) groups is 1. The van der Waals surface area contributed by atoms with Crippen molar-refractivity contribution in [2.45, 2.75) is 46.0 Å². The van der Waals surface area contributed by atoms with Crippen molar-refractivity contribution in [3.05, 3.63) is 35.0 Å². The van der Waals surface area contributed by atoms with Gasteiger partial charge >= 0.3 is 0 Å². The fourth-order valence-electron chi connectivity index (χ4n) is 2.90. The van der Waals surface area contributed by atoms with Crippen LogP contribution < -0.4 is 0 Å². The number of hydrogen-bond acceptors (Lipinski definition) is 1. The van der Waals surface area contributed by atoms with Crippen LogP contribution in [0.5, 0.6) is 0 Å².